The molecule has 0 heterocycles. The molecule has 2 unspecified atom stereocenters. The number of nitrogens with one attached hydrogen (secondary N) is 2. The summed E-state index contributed by atoms with van der Waals surface area (Å²) in [4.78, 5) is 23.3. The number of halogens is 1. The van der Waals surface area contributed by atoms with Crippen LogP contribution in [0, 0.1) is 0 Å². The Kier molecular flexibility index (Phi) is 9.83. The van der Waals surface area contributed by atoms with Crippen molar-refractivity contribution in [2.45, 2.75) is 38.8 Å². The lowest BCUT2D eigenvalue weighted by molar-refractivity contribution is -0.140. The van der Waals surface area contributed by atoms with Crippen molar-refractivity contribution in [3.05, 3.63) is 18.2 Å². The molecule has 136 valence electrons. The molecule has 0 saturated carbocycles. The Morgan fingerprint density at radius 3 is 2.33 bits per heavy atom. The summed E-state index contributed by atoms with van der Waals surface area (Å²) in [7, 11) is 3.04. The fourth-order valence-corrected chi connectivity index (χ4v) is 2.11. The molecule has 1 aromatic rings. The van der Waals surface area contributed by atoms with E-state index in [9.17, 15) is 9.59 Å². The summed E-state index contributed by atoms with van der Waals surface area (Å²) in [6, 6.07) is 3.63. The summed E-state index contributed by atoms with van der Waals surface area (Å²) in [5, 5.41) is 14.7. The second-order valence-electron chi connectivity index (χ2n) is 5.13. The Morgan fingerprint density at radius 1 is 1.21 bits per heavy atom. The van der Waals surface area contributed by atoms with E-state index in [1.165, 1.54) is 14.2 Å². The van der Waals surface area contributed by atoms with Crippen molar-refractivity contribution >= 4 is 30.0 Å². The molecule has 0 aliphatic heterocycles. The molecular formula is C16H25ClN2O5. The zero-order valence-electron chi connectivity index (χ0n) is 14.3. The van der Waals surface area contributed by atoms with Crippen LogP contribution in [-0.4, -0.2) is 43.3 Å². The summed E-state index contributed by atoms with van der Waals surface area (Å²) < 4.78 is 10.3. The molecule has 3 N–H and O–H groups in total. The van der Waals surface area contributed by atoms with Crippen LogP contribution in [0.15, 0.2) is 18.2 Å². The van der Waals surface area contributed by atoms with Crippen LogP contribution in [-0.2, 0) is 9.59 Å². The van der Waals surface area contributed by atoms with Gasteiger partial charge in [0.2, 0.25) is 5.91 Å². The third-order valence-corrected chi connectivity index (χ3v) is 3.37. The number of rotatable bonds is 9. The average Bonchev–Trinajstić information content (AvgIpc) is 2.53. The van der Waals surface area contributed by atoms with Gasteiger partial charge in [0.25, 0.3) is 0 Å². The number of amides is 1. The number of methoxy groups -OCH3 is 2. The fourth-order valence-electron chi connectivity index (χ4n) is 2.11. The van der Waals surface area contributed by atoms with E-state index in [-0.39, 0.29) is 18.3 Å². The Hall–Kier alpha value is -1.99. The maximum atomic E-state index is 12.2. The van der Waals surface area contributed by atoms with Crippen molar-refractivity contribution in [3.8, 4) is 11.5 Å². The average molecular weight is 361 g/mol. The monoisotopic (exact) mass is 360 g/mol. The summed E-state index contributed by atoms with van der Waals surface area (Å²) in [6.45, 7) is 3.52. The number of carbonyl (C=O) groups excluding carboxylic acids is 1. The van der Waals surface area contributed by atoms with Crippen molar-refractivity contribution in [1.29, 1.82) is 0 Å². The van der Waals surface area contributed by atoms with Crippen LogP contribution in [0.25, 0.3) is 0 Å². The highest BCUT2D eigenvalue weighted by Gasteiger charge is 2.22. The van der Waals surface area contributed by atoms with E-state index in [1.54, 1.807) is 25.1 Å². The minimum atomic E-state index is -0.961. The van der Waals surface area contributed by atoms with Gasteiger partial charge in [-0.2, -0.15) is 0 Å². The minimum Gasteiger partial charge on any atom is -0.493 e. The van der Waals surface area contributed by atoms with E-state index in [0.29, 0.717) is 30.0 Å². The quantitative estimate of drug-likeness (QED) is 0.625. The highest BCUT2D eigenvalue weighted by Crippen LogP contribution is 2.29. The number of aliphatic carboxylic acids is 1. The van der Waals surface area contributed by atoms with Gasteiger partial charge in [0.15, 0.2) is 11.5 Å². The van der Waals surface area contributed by atoms with Gasteiger partial charge in [0.05, 0.1) is 20.3 Å². The summed E-state index contributed by atoms with van der Waals surface area (Å²) >= 11 is 0. The van der Waals surface area contributed by atoms with Gasteiger partial charge in [-0.15, -0.1) is 12.4 Å². The third-order valence-electron chi connectivity index (χ3n) is 3.37. The van der Waals surface area contributed by atoms with Crippen molar-refractivity contribution in [2.24, 2.45) is 0 Å². The Bertz CT molecular complexity index is 553. The van der Waals surface area contributed by atoms with Gasteiger partial charge in [-0.3, -0.25) is 14.9 Å². The normalized spacial score (nSPS) is 12.5. The summed E-state index contributed by atoms with van der Waals surface area (Å²) in [5.74, 6) is -0.219. The van der Waals surface area contributed by atoms with Crippen LogP contribution in [0.1, 0.15) is 26.7 Å². The first-order valence-electron chi connectivity index (χ1n) is 7.44. The first-order valence-corrected chi connectivity index (χ1v) is 7.44. The van der Waals surface area contributed by atoms with Gasteiger partial charge in [0.1, 0.15) is 6.04 Å². The SMILES string of the molecule is CCCC(NC(C)C(=O)Nc1ccc(OC)c(OC)c1)C(=O)O.Cl. The first-order chi connectivity index (χ1) is 10.9. The van der Waals surface area contributed by atoms with E-state index < -0.39 is 18.1 Å². The van der Waals surface area contributed by atoms with Gasteiger partial charge < -0.3 is 19.9 Å². The molecule has 0 spiro atoms. The fraction of sp³-hybridized carbons (Fsp3) is 0.500. The van der Waals surface area contributed by atoms with Crippen LogP contribution in [0.5, 0.6) is 11.5 Å². The molecular weight excluding hydrogens is 336 g/mol. The molecule has 1 amide bonds. The molecule has 0 bridgehead atoms. The number of carbonyl (C=O) groups is 2. The molecule has 1 rings (SSSR count). The molecule has 0 aromatic heterocycles. The first kappa shape index (κ1) is 22.0. The van der Waals surface area contributed by atoms with Crippen LogP contribution in [0.4, 0.5) is 5.69 Å². The molecule has 0 aliphatic carbocycles. The standard InChI is InChI=1S/C16H24N2O5.ClH/c1-5-6-12(16(20)21)17-10(2)15(19)18-11-7-8-13(22-3)14(9-11)23-4;/h7-10,12,17H,5-6H2,1-4H3,(H,18,19)(H,20,21);1H. The van der Waals surface area contributed by atoms with Crippen LogP contribution >= 0.6 is 12.4 Å². The van der Waals surface area contributed by atoms with Crippen LogP contribution in [0.3, 0.4) is 0 Å². The largest absolute Gasteiger partial charge is 0.493 e. The van der Waals surface area contributed by atoms with Gasteiger partial charge in [-0.05, 0) is 25.5 Å². The predicted molar refractivity (Wildman–Crippen MR) is 94.4 cm³/mol. The summed E-state index contributed by atoms with van der Waals surface area (Å²) in [6.07, 6.45) is 1.18. The van der Waals surface area contributed by atoms with Crippen LogP contribution in [0.2, 0.25) is 0 Å². The Morgan fingerprint density at radius 2 is 1.83 bits per heavy atom. The van der Waals surface area contributed by atoms with E-state index in [0.717, 1.165) is 0 Å². The van der Waals surface area contributed by atoms with Crippen molar-refractivity contribution in [1.82, 2.24) is 5.32 Å². The van der Waals surface area contributed by atoms with E-state index in [2.05, 4.69) is 10.6 Å². The Labute approximate surface area is 148 Å². The highest BCUT2D eigenvalue weighted by atomic mass is 35.5. The second kappa shape index (κ2) is 10.7. The highest BCUT2D eigenvalue weighted by molar-refractivity contribution is 5.95. The zero-order chi connectivity index (χ0) is 17.4. The number of benzene rings is 1. The Balaban J connectivity index is 0.00000529. The van der Waals surface area contributed by atoms with Crippen LogP contribution < -0.4 is 20.1 Å². The van der Waals surface area contributed by atoms with Crippen molar-refractivity contribution < 1.29 is 24.2 Å². The zero-order valence-corrected chi connectivity index (χ0v) is 15.1. The van der Waals surface area contributed by atoms with Crippen molar-refractivity contribution in [2.75, 3.05) is 19.5 Å². The maximum Gasteiger partial charge on any atom is 0.320 e. The number of carboxylic acid groups (broad SMARTS) is 1. The topological polar surface area (TPSA) is 96.9 Å². The molecule has 0 fully saturated rings. The van der Waals surface area contributed by atoms with Crippen molar-refractivity contribution in [3.63, 3.8) is 0 Å². The van der Waals surface area contributed by atoms with Gasteiger partial charge in [0, 0.05) is 11.8 Å². The molecule has 7 nitrogen and oxygen atoms in total. The lowest BCUT2D eigenvalue weighted by atomic mass is 10.1. The minimum absolute atomic E-state index is 0. The van der Waals surface area contributed by atoms with Gasteiger partial charge in [-0.25, -0.2) is 0 Å². The number of ether oxygens (including phenoxy) is 2. The molecule has 0 aliphatic rings. The molecule has 1 aromatic carbocycles. The molecule has 24 heavy (non-hydrogen) atoms. The maximum absolute atomic E-state index is 12.2. The smallest absolute Gasteiger partial charge is 0.320 e. The predicted octanol–water partition coefficient (Wildman–Crippen LogP) is 2.30. The number of hydrogen-bond donors (Lipinski definition) is 3. The number of carboxylic acids is 1. The van der Waals surface area contributed by atoms with Gasteiger partial charge >= 0.3 is 5.97 Å². The number of hydrogen-bond acceptors (Lipinski definition) is 5. The molecule has 0 radical (unpaired) electrons. The lowest BCUT2D eigenvalue weighted by Gasteiger charge is -2.19. The number of anilines is 1. The van der Waals surface area contributed by atoms with E-state index >= 15 is 0 Å². The lowest BCUT2D eigenvalue weighted by Crippen LogP contribution is -2.47. The summed E-state index contributed by atoms with van der Waals surface area (Å²) in [5.41, 5.74) is 0.545. The van der Waals surface area contributed by atoms with E-state index in [4.69, 9.17) is 14.6 Å². The second-order valence-corrected chi connectivity index (χ2v) is 5.13. The molecule has 2 atom stereocenters. The molecule has 8 heteroatoms. The molecule has 0 saturated heterocycles. The van der Waals surface area contributed by atoms with Gasteiger partial charge in [-0.1, -0.05) is 13.3 Å². The van der Waals surface area contributed by atoms with E-state index in [1.807, 2.05) is 6.92 Å². The third kappa shape index (κ3) is 6.25.